The van der Waals surface area contributed by atoms with E-state index in [2.05, 4.69) is 4.74 Å². The summed E-state index contributed by atoms with van der Waals surface area (Å²) in [5, 5.41) is 10.3. The Hall–Kier alpha value is -1.77. The fraction of sp³-hybridized carbons (Fsp3) is 0.417. The zero-order valence-corrected chi connectivity index (χ0v) is 12.0. The van der Waals surface area contributed by atoms with Crippen LogP contribution < -0.4 is 0 Å². The first kappa shape index (κ1) is 17.3. The van der Waals surface area contributed by atoms with Gasteiger partial charge < -0.3 is 4.74 Å². The topological polar surface area (TPSA) is 69.4 Å². The smallest absolute Gasteiger partial charge is 0.423 e. The van der Waals surface area contributed by atoms with E-state index in [0.717, 1.165) is 23.9 Å². The molecule has 0 saturated carbocycles. The molecule has 1 aromatic rings. The number of carbonyl (C=O) groups excluding carboxylic acids is 1. The first-order valence-corrected chi connectivity index (χ1v) is 6.62. The van der Waals surface area contributed by atoms with Gasteiger partial charge in [-0.15, -0.1) is 11.8 Å². The summed E-state index contributed by atoms with van der Waals surface area (Å²) in [5.74, 6) is -0.479. The van der Waals surface area contributed by atoms with E-state index < -0.39 is 28.3 Å². The summed E-state index contributed by atoms with van der Waals surface area (Å²) < 4.78 is 42.9. The van der Waals surface area contributed by atoms with Gasteiger partial charge >= 0.3 is 12.1 Å². The predicted octanol–water partition coefficient (Wildman–Crippen LogP) is 3.66. The molecule has 0 radical (unpaired) electrons. The fourth-order valence-electron chi connectivity index (χ4n) is 1.57. The highest BCUT2D eigenvalue weighted by Gasteiger charge is 2.38. The van der Waals surface area contributed by atoms with Crippen LogP contribution in [0.3, 0.4) is 0 Å². The minimum Gasteiger partial charge on any atom is -0.469 e. The van der Waals surface area contributed by atoms with Crippen molar-refractivity contribution in [3.8, 4) is 0 Å². The number of benzene rings is 1. The van der Waals surface area contributed by atoms with Crippen LogP contribution in [-0.4, -0.2) is 23.3 Å². The highest BCUT2D eigenvalue weighted by molar-refractivity contribution is 8.00. The van der Waals surface area contributed by atoms with Crippen molar-refractivity contribution >= 4 is 23.4 Å². The van der Waals surface area contributed by atoms with Crippen LogP contribution in [0.2, 0.25) is 0 Å². The van der Waals surface area contributed by atoms with Crippen LogP contribution in [-0.2, 0) is 15.7 Å². The third kappa shape index (κ3) is 4.92. The monoisotopic (exact) mass is 323 g/mol. The zero-order valence-electron chi connectivity index (χ0n) is 11.1. The number of thioether (sulfide) groups is 1. The van der Waals surface area contributed by atoms with Crippen LogP contribution in [0.4, 0.5) is 18.9 Å². The molecule has 0 heterocycles. The Balaban J connectivity index is 3.01. The molecule has 1 rings (SSSR count). The number of nitrogens with zero attached hydrogens (tertiary/aromatic N) is 1. The molecule has 0 aliphatic heterocycles. The van der Waals surface area contributed by atoms with Crippen molar-refractivity contribution < 1.29 is 27.6 Å². The van der Waals surface area contributed by atoms with Gasteiger partial charge in [0, 0.05) is 16.2 Å². The van der Waals surface area contributed by atoms with Crippen LogP contribution in [0.5, 0.6) is 0 Å². The molecule has 0 bridgehead atoms. The van der Waals surface area contributed by atoms with Gasteiger partial charge in [0.15, 0.2) is 0 Å². The van der Waals surface area contributed by atoms with Crippen molar-refractivity contribution in [2.24, 2.45) is 0 Å². The van der Waals surface area contributed by atoms with Gasteiger partial charge in [0.25, 0.3) is 5.69 Å². The number of halogens is 3. The molecule has 0 N–H and O–H groups in total. The van der Waals surface area contributed by atoms with Gasteiger partial charge in [0.2, 0.25) is 0 Å². The molecule has 0 aliphatic rings. The van der Waals surface area contributed by atoms with E-state index in [1.807, 2.05) is 0 Å². The second-order valence-electron chi connectivity index (χ2n) is 4.14. The van der Waals surface area contributed by atoms with Crippen LogP contribution in [0.15, 0.2) is 23.1 Å². The van der Waals surface area contributed by atoms with Crippen LogP contribution in [0.25, 0.3) is 0 Å². The maximum Gasteiger partial charge on any atom is 0.423 e. The molecule has 0 aromatic heterocycles. The van der Waals surface area contributed by atoms with Gasteiger partial charge in [0.1, 0.15) is 5.56 Å². The number of nitro benzene ring substituents is 1. The van der Waals surface area contributed by atoms with Gasteiger partial charge in [-0.3, -0.25) is 14.9 Å². The Morgan fingerprint density at radius 1 is 1.48 bits per heavy atom. The van der Waals surface area contributed by atoms with Crippen molar-refractivity contribution in [2.45, 2.75) is 29.7 Å². The number of carbonyl (C=O) groups is 1. The summed E-state index contributed by atoms with van der Waals surface area (Å²) in [5.41, 5.74) is -2.30. The standard InChI is InChI=1S/C12H12F3NO4S/c1-7(5-11(17)20-2)21-8-3-4-10(16(18)19)9(6-8)12(13,14)15/h3-4,6-7H,5H2,1-2H3. The van der Waals surface area contributed by atoms with Crippen molar-refractivity contribution in [1.82, 2.24) is 0 Å². The third-order valence-corrected chi connectivity index (χ3v) is 3.58. The molecule has 9 heteroatoms. The summed E-state index contributed by atoms with van der Waals surface area (Å²) in [6.07, 6.45) is -4.79. The molecule has 1 atom stereocenters. The molecule has 116 valence electrons. The van der Waals surface area contributed by atoms with Crippen molar-refractivity contribution in [3.63, 3.8) is 0 Å². The number of ether oxygens (including phenoxy) is 1. The van der Waals surface area contributed by atoms with Crippen LogP contribution >= 0.6 is 11.8 Å². The number of nitro groups is 1. The minimum atomic E-state index is -4.81. The van der Waals surface area contributed by atoms with E-state index in [4.69, 9.17) is 0 Å². The number of esters is 1. The van der Waals surface area contributed by atoms with Gasteiger partial charge in [-0.05, 0) is 12.1 Å². The lowest BCUT2D eigenvalue weighted by molar-refractivity contribution is -0.388. The highest BCUT2D eigenvalue weighted by Crippen LogP contribution is 2.39. The lowest BCUT2D eigenvalue weighted by atomic mass is 10.2. The molecular weight excluding hydrogens is 311 g/mol. The summed E-state index contributed by atoms with van der Waals surface area (Å²) in [4.78, 5) is 20.8. The molecule has 1 aromatic carbocycles. The predicted molar refractivity (Wildman–Crippen MR) is 70.1 cm³/mol. The maximum atomic E-state index is 12.8. The largest absolute Gasteiger partial charge is 0.469 e. The minimum absolute atomic E-state index is 0.0273. The highest BCUT2D eigenvalue weighted by atomic mass is 32.2. The molecule has 0 amide bonds. The third-order valence-electron chi connectivity index (χ3n) is 2.49. The second-order valence-corrected chi connectivity index (χ2v) is 5.65. The Kier molecular flexibility index (Phi) is 5.59. The first-order chi connectivity index (χ1) is 9.65. The molecule has 21 heavy (non-hydrogen) atoms. The van der Waals surface area contributed by atoms with Gasteiger partial charge in [-0.2, -0.15) is 13.2 Å². The Labute approximate surface area is 122 Å². The summed E-state index contributed by atoms with van der Waals surface area (Å²) in [6.45, 7) is 1.65. The van der Waals surface area contributed by atoms with Crippen LogP contribution in [0, 0.1) is 10.1 Å². The number of alkyl halides is 3. The Morgan fingerprint density at radius 3 is 2.57 bits per heavy atom. The zero-order chi connectivity index (χ0) is 16.2. The van der Waals surface area contributed by atoms with E-state index in [-0.39, 0.29) is 16.6 Å². The van der Waals surface area contributed by atoms with E-state index in [0.29, 0.717) is 0 Å². The fourth-order valence-corrected chi connectivity index (χ4v) is 2.58. The molecule has 0 spiro atoms. The summed E-state index contributed by atoms with van der Waals surface area (Å²) in [7, 11) is 1.22. The number of methoxy groups -OCH3 is 1. The quantitative estimate of drug-likeness (QED) is 0.358. The average Bonchev–Trinajstić information content (AvgIpc) is 2.36. The van der Waals surface area contributed by atoms with Gasteiger partial charge in [-0.25, -0.2) is 0 Å². The Morgan fingerprint density at radius 2 is 2.10 bits per heavy atom. The normalized spacial score (nSPS) is 12.8. The molecule has 5 nitrogen and oxygen atoms in total. The van der Waals surface area contributed by atoms with Crippen molar-refractivity contribution in [2.75, 3.05) is 7.11 Å². The van der Waals surface area contributed by atoms with Gasteiger partial charge in [-0.1, -0.05) is 6.92 Å². The SMILES string of the molecule is COC(=O)CC(C)Sc1ccc([N+](=O)[O-])c(C(F)(F)F)c1. The summed E-state index contributed by atoms with van der Waals surface area (Å²) >= 11 is 1.01. The second kappa shape index (κ2) is 6.79. The van der Waals surface area contributed by atoms with Crippen molar-refractivity contribution in [1.29, 1.82) is 0 Å². The lowest BCUT2D eigenvalue weighted by Crippen LogP contribution is -2.10. The van der Waals surface area contributed by atoms with E-state index in [1.165, 1.54) is 13.2 Å². The van der Waals surface area contributed by atoms with E-state index in [9.17, 15) is 28.1 Å². The Bertz CT molecular complexity index is 548. The number of hydrogen-bond donors (Lipinski definition) is 0. The first-order valence-electron chi connectivity index (χ1n) is 5.74. The summed E-state index contributed by atoms with van der Waals surface area (Å²) in [6, 6.07) is 2.76. The van der Waals surface area contributed by atoms with E-state index in [1.54, 1.807) is 6.92 Å². The maximum absolute atomic E-state index is 12.8. The number of hydrogen-bond acceptors (Lipinski definition) is 5. The van der Waals surface area contributed by atoms with Crippen LogP contribution in [0.1, 0.15) is 18.9 Å². The molecule has 1 unspecified atom stereocenters. The van der Waals surface area contributed by atoms with Gasteiger partial charge in [0.05, 0.1) is 18.5 Å². The molecule has 0 saturated heterocycles. The number of rotatable bonds is 5. The molecule has 0 fully saturated rings. The van der Waals surface area contributed by atoms with E-state index >= 15 is 0 Å². The van der Waals surface area contributed by atoms with Crippen molar-refractivity contribution in [3.05, 3.63) is 33.9 Å². The average molecular weight is 323 g/mol. The molecule has 0 aliphatic carbocycles. The molecular formula is C12H12F3NO4S. The lowest BCUT2D eigenvalue weighted by Gasteiger charge is -2.12.